The lowest BCUT2D eigenvalue weighted by atomic mass is 10.1. The quantitative estimate of drug-likeness (QED) is 0.239. The first-order chi connectivity index (χ1) is 14.2. The zero-order valence-corrected chi connectivity index (χ0v) is 20.4. The fourth-order valence-electron chi connectivity index (χ4n) is 3.67. The lowest BCUT2D eigenvalue weighted by molar-refractivity contribution is 0.414. The minimum atomic E-state index is 0. The molecule has 164 valence electrons. The summed E-state index contributed by atoms with van der Waals surface area (Å²) in [6, 6.07) is 16.8. The highest BCUT2D eigenvalue weighted by atomic mass is 127. The molecule has 2 N–H and O–H groups in total. The normalized spacial score (nSPS) is 16.0. The van der Waals surface area contributed by atoms with Crippen LogP contribution in [0.2, 0.25) is 0 Å². The second-order valence-corrected chi connectivity index (χ2v) is 7.20. The molecule has 30 heavy (non-hydrogen) atoms. The number of para-hydroxylation sites is 2. The standard InChI is InChI=1S/C23H32N4O2.HI/c1-24-23(25-15-6-7-18-10-12-20(28-2)13-11-18)26-19-14-16-27(17-19)21-8-4-5-9-22(21)29-3;/h4-5,8-13,19H,6-7,14-17H2,1-3H3,(H2,24,25,26);1H. The van der Waals surface area contributed by atoms with Gasteiger partial charge in [-0.15, -0.1) is 24.0 Å². The Morgan fingerprint density at radius 3 is 2.57 bits per heavy atom. The Hall–Kier alpha value is -2.16. The predicted molar refractivity (Wildman–Crippen MR) is 135 cm³/mol. The number of benzene rings is 2. The summed E-state index contributed by atoms with van der Waals surface area (Å²) in [5, 5.41) is 6.99. The molecule has 0 bridgehead atoms. The minimum Gasteiger partial charge on any atom is -0.497 e. The molecule has 1 atom stereocenters. The van der Waals surface area contributed by atoms with Gasteiger partial charge < -0.3 is 25.0 Å². The number of anilines is 1. The highest BCUT2D eigenvalue weighted by Gasteiger charge is 2.25. The van der Waals surface area contributed by atoms with Crippen LogP contribution in [-0.4, -0.2) is 52.9 Å². The van der Waals surface area contributed by atoms with Gasteiger partial charge in [0.1, 0.15) is 11.5 Å². The molecule has 0 spiro atoms. The van der Waals surface area contributed by atoms with Crippen molar-refractivity contribution in [3.63, 3.8) is 0 Å². The van der Waals surface area contributed by atoms with Gasteiger partial charge in [-0.3, -0.25) is 4.99 Å². The molecular formula is C23H33IN4O2. The third-order valence-electron chi connectivity index (χ3n) is 5.27. The van der Waals surface area contributed by atoms with E-state index in [0.717, 1.165) is 62.0 Å². The number of nitrogens with zero attached hydrogens (tertiary/aromatic N) is 2. The molecule has 0 radical (unpaired) electrons. The van der Waals surface area contributed by atoms with E-state index < -0.39 is 0 Å². The molecule has 3 rings (SSSR count). The fraction of sp³-hybridized carbons (Fsp3) is 0.435. The van der Waals surface area contributed by atoms with E-state index in [-0.39, 0.29) is 24.0 Å². The van der Waals surface area contributed by atoms with Crippen LogP contribution in [0.25, 0.3) is 0 Å². The second kappa shape index (κ2) is 12.5. The molecule has 1 unspecified atom stereocenters. The van der Waals surface area contributed by atoms with Crippen molar-refractivity contribution in [2.75, 3.05) is 45.8 Å². The number of ether oxygens (including phenoxy) is 2. The Morgan fingerprint density at radius 1 is 1.10 bits per heavy atom. The van der Waals surface area contributed by atoms with Gasteiger partial charge in [0.15, 0.2) is 5.96 Å². The largest absolute Gasteiger partial charge is 0.497 e. The summed E-state index contributed by atoms with van der Waals surface area (Å²) >= 11 is 0. The summed E-state index contributed by atoms with van der Waals surface area (Å²) in [6.07, 6.45) is 3.15. The van der Waals surface area contributed by atoms with Crippen molar-refractivity contribution < 1.29 is 9.47 Å². The fourth-order valence-corrected chi connectivity index (χ4v) is 3.67. The maximum atomic E-state index is 5.50. The molecule has 0 aromatic heterocycles. The summed E-state index contributed by atoms with van der Waals surface area (Å²) in [5.74, 6) is 2.69. The smallest absolute Gasteiger partial charge is 0.191 e. The number of halogens is 1. The average molecular weight is 524 g/mol. The molecule has 0 amide bonds. The highest BCUT2D eigenvalue weighted by Crippen LogP contribution is 2.30. The van der Waals surface area contributed by atoms with E-state index in [4.69, 9.17) is 9.47 Å². The summed E-state index contributed by atoms with van der Waals surface area (Å²) in [4.78, 5) is 6.75. The summed E-state index contributed by atoms with van der Waals surface area (Å²) in [7, 11) is 5.24. The van der Waals surface area contributed by atoms with E-state index in [0.29, 0.717) is 6.04 Å². The number of hydrogen-bond donors (Lipinski definition) is 2. The van der Waals surface area contributed by atoms with Crippen LogP contribution >= 0.6 is 24.0 Å². The molecule has 7 heteroatoms. The molecule has 2 aromatic carbocycles. The Labute approximate surface area is 197 Å². The molecule has 1 heterocycles. The first-order valence-electron chi connectivity index (χ1n) is 10.2. The van der Waals surface area contributed by atoms with Crippen LogP contribution < -0.4 is 25.0 Å². The minimum absolute atomic E-state index is 0. The van der Waals surface area contributed by atoms with Gasteiger partial charge in [-0.05, 0) is 49.1 Å². The third kappa shape index (κ3) is 6.68. The first-order valence-corrected chi connectivity index (χ1v) is 10.2. The number of rotatable bonds is 8. The number of hydrogen-bond acceptors (Lipinski definition) is 4. The van der Waals surface area contributed by atoms with Crippen LogP contribution in [0.15, 0.2) is 53.5 Å². The summed E-state index contributed by atoms with van der Waals surface area (Å²) in [5.41, 5.74) is 2.47. The van der Waals surface area contributed by atoms with Gasteiger partial charge in [-0.25, -0.2) is 0 Å². The molecule has 1 saturated heterocycles. The lowest BCUT2D eigenvalue weighted by Crippen LogP contribution is -2.44. The number of nitrogens with one attached hydrogen (secondary N) is 2. The first kappa shape index (κ1) is 24.1. The second-order valence-electron chi connectivity index (χ2n) is 7.20. The predicted octanol–water partition coefficient (Wildman–Crippen LogP) is 3.70. The number of aryl methyl sites for hydroxylation is 1. The van der Waals surface area contributed by atoms with E-state index in [1.165, 1.54) is 5.56 Å². The van der Waals surface area contributed by atoms with Gasteiger partial charge in [0, 0.05) is 32.7 Å². The lowest BCUT2D eigenvalue weighted by Gasteiger charge is -2.22. The maximum absolute atomic E-state index is 5.50. The van der Waals surface area contributed by atoms with Crippen molar-refractivity contribution in [3.8, 4) is 11.5 Å². The van der Waals surface area contributed by atoms with Crippen molar-refractivity contribution in [1.82, 2.24) is 10.6 Å². The van der Waals surface area contributed by atoms with Crippen LogP contribution in [0.3, 0.4) is 0 Å². The van der Waals surface area contributed by atoms with Gasteiger partial charge >= 0.3 is 0 Å². The Kier molecular flexibility index (Phi) is 10.1. The molecule has 0 saturated carbocycles. The SMILES string of the molecule is CN=C(NCCCc1ccc(OC)cc1)NC1CCN(c2ccccc2OC)C1.I. The van der Waals surface area contributed by atoms with Crippen LogP contribution in [0.4, 0.5) is 5.69 Å². The number of aliphatic imine (C=N–C) groups is 1. The molecule has 1 aliphatic heterocycles. The van der Waals surface area contributed by atoms with E-state index in [1.807, 2.05) is 31.3 Å². The number of methoxy groups -OCH3 is 2. The van der Waals surface area contributed by atoms with Crippen LogP contribution in [0, 0.1) is 0 Å². The highest BCUT2D eigenvalue weighted by molar-refractivity contribution is 14.0. The molecule has 1 aliphatic rings. The zero-order chi connectivity index (χ0) is 20.5. The van der Waals surface area contributed by atoms with E-state index in [9.17, 15) is 0 Å². The maximum Gasteiger partial charge on any atom is 0.191 e. The third-order valence-corrected chi connectivity index (χ3v) is 5.27. The molecule has 6 nitrogen and oxygen atoms in total. The van der Waals surface area contributed by atoms with Gasteiger partial charge in [0.2, 0.25) is 0 Å². The monoisotopic (exact) mass is 524 g/mol. The Bertz CT molecular complexity index is 798. The summed E-state index contributed by atoms with van der Waals surface area (Å²) < 4.78 is 10.7. The van der Waals surface area contributed by atoms with Gasteiger partial charge in [0.25, 0.3) is 0 Å². The molecular weight excluding hydrogens is 491 g/mol. The Balaban J connectivity index is 0.00000320. The number of guanidine groups is 1. The topological polar surface area (TPSA) is 58.1 Å². The van der Waals surface area contributed by atoms with Gasteiger partial charge in [-0.1, -0.05) is 24.3 Å². The van der Waals surface area contributed by atoms with Crippen LogP contribution in [-0.2, 0) is 6.42 Å². The van der Waals surface area contributed by atoms with Gasteiger partial charge in [0.05, 0.1) is 19.9 Å². The van der Waals surface area contributed by atoms with E-state index >= 15 is 0 Å². The Morgan fingerprint density at radius 2 is 1.87 bits per heavy atom. The van der Waals surface area contributed by atoms with Crippen molar-refractivity contribution in [2.45, 2.75) is 25.3 Å². The van der Waals surface area contributed by atoms with Crippen molar-refractivity contribution in [3.05, 3.63) is 54.1 Å². The van der Waals surface area contributed by atoms with Crippen molar-refractivity contribution in [2.24, 2.45) is 4.99 Å². The molecule has 1 fully saturated rings. The van der Waals surface area contributed by atoms with Crippen LogP contribution in [0.1, 0.15) is 18.4 Å². The van der Waals surface area contributed by atoms with E-state index in [2.05, 4.69) is 44.8 Å². The zero-order valence-electron chi connectivity index (χ0n) is 18.1. The summed E-state index contributed by atoms with van der Waals surface area (Å²) in [6.45, 7) is 2.83. The molecule has 0 aliphatic carbocycles. The van der Waals surface area contributed by atoms with E-state index in [1.54, 1.807) is 14.2 Å². The van der Waals surface area contributed by atoms with Crippen molar-refractivity contribution >= 4 is 35.6 Å². The average Bonchev–Trinajstić information content (AvgIpc) is 3.24. The van der Waals surface area contributed by atoms with Gasteiger partial charge in [-0.2, -0.15) is 0 Å². The van der Waals surface area contributed by atoms with Crippen molar-refractivity contribution in [1.29, 1.82) is 0 Å². The van der Waals surface area contributed by atoms with Crippen LogP contribution in [0.5, 0.6) is 11.5 Å². The molecule has 2 aromatic rings.